The van der Waals surface area contributed by atoms with Gasteiger partial charge < -0.3 is 15.2 Å². The van der Waals surface area contributed by atoms with Crippen molar-refractivity contribution in [2.45, 2.75) is 63.6 Å². The fraction of sp³-hybridized carbons (Fsp3) is 0.464. The molecule has 1 saturated heterocycles. The number of carbonyl (C=O) groups excluding carboxylic acids is 1. The summed E-state index contributed by atoms with van der Waals surface area (Å²) >= 11 is 0. The van der Waals surface area contributed by atoms with Gasteiger partial charge >= 0.3 is 0 Å². The maximum absolute atomic E-state index is 13.4. The average Bonchev–Trinajstić information content (AvgIpc) is 2.80. The molecule has 2 bridgehead atoms. The van der Waals surface area contributed by atoms with Gasteiger partial charge in [-0.15, -0.1) is 0 Å². The van der Waals surface area contributed by atoms with Crippen LogP contribution in [0.5, 0.6) is 0 Å². The van der Waals surface area contributed by atoms with Crippen molar-refractivity contribution in [2.75, 3.05) is 13.2 Å². The normalized spacial score (nSPS) is 27.2. The van der Waals surface area contributed by atoms with E-state index in [0.29, 0.717) is 35.9 Å². The number of hydrogen-bond acceptors (Lipinski definition) is 5. The lowest BCUT2D eigenvalue weighted by Gasteiger charge is -2.61. The predicted octanol–water partition coefficient (Wildman–Crippen LogP) is 3.21. The maximum atomic E-state index is 13.4. The van der Waals surface area contributed by atoms with Crippen molar-refractivity contribution in [2.24, 2.45) is 5.92 Å². The van der Waals surface area contributed by atoms with Crippen LogP contribution in [0.3, 0.4) is 0 Å². The second-order valence-electron chi connectivity index (χ2n) is 10.7. The molecule has 35 heavy (non-hydrogen) atoms. The van der Waals surface area contributed by atoms with Gasteiger partial charge in [-0.2, -0.15) is 0 Å². The summed E-state index contributed by atoms with van der Waals surface area (Å²) in [5.74, 6) is 0.835. The van der Waals surface area contributed by atoms with E-state index in [1.54, 1.807) is 10.9 Å². The van der Waals surface area contributed by atoms with Crippen LogP contribution in [0.1, 0.15) is 64.3 Å². The number of rotatable bonds is 5. The quantitative estimate of drug-likeness (QED) is 0.594. The summed E-state index contributed by atoms with van der Waals surface area (Å²) < 4.78 is 6.89. The number of ether oxygens (including phenoxy) is 1. The minimum atomic E-state index is -0.725. The zero-order valence-corrected chi connectivity index (χ0v) is 20.2. The first kappa shape index (κ1) is 22.4. The van der Waals surface area contributed by atoms with Crippen LogP contribution >= 0.6 is 0 Å². The van der Waals surface area contributed by atoms with E-state index >= 15 is 0 Å². The number of fused-ring (bicyclic) bond motifs is 1. The van der Waals surface area contributed by atoms with Crippen LogP contribution in [-0.2, 0) is 11.2 Å². The van der Waals surface area contributed by atoms with Crippen LogP contribution in [0.4, 0.5) is 0 Å². The predicted molar refractivity (Wildman–Crippen MR) is 133 cm³/mol. The summed E-state index contributed by atoms with van der Waals surface area (Å²) in [6, 6.07) is 9.38. The van der Waals surface area contributed by atoms with E-state index in [1.807, 2.05) is 37.3 Å². The molecule has 1 aromatic heterocycles. The molecule has 3 aliphatic carbocycles. The number of nitrogens with one attached hydrogen (secondary N) is 1. The third-order valence-corrected chi connectivity index (χ3v) is 8.42. The molecule has 2 N–H and O–H groups in total. The Hall–Kier alpha value is -3.03. The van der Waals surface area contributed by atoms with Crippen molar-refractivity contribution < 1.29 is 14.6 Å². The Kier molecular flexibility index (Phi) is 5.31. The van der Waals surface area contributed by atoms with Crippen LogP contribution < -0.4 is 10.9 Å². The molecule has 7 heteroatoms. The topological polar surface area (TPSA) is 93.5 Å². The average molecular weight is 474 g/mol. The van der Waals surface area contributed by atoms with Crippen molar-refractivity contribution >= 4 is 16.8 Å². The molecule has 3 saturated carbocycles. The van der Waals surface area contributed by atoms with E-state index in [4.69, 9.17) is 4.74 Å². The lowest BCUT2D eigenvalue weighted by atomic mass is 9.50. The number of aliphatic hydroxyl groups excluding tert-OH is 1. The van der Waals surface area contributed by atoms with Gasteiger partial charge in [0.1, 0.15) is 0 Å². The molecule has 3 aromatic rings. The van der Waals surface area contributed by atoms with E-state index in [9.17, 15) is 14.7 Å². The largest absolute Gasteiger partial charge is 0.389 e. The van der Waals surface area contributed by atoms with Gasteiger partial charge in [-0.25, -0.2) is 4.98 Å². The Morgan fingerprint density at radius 2 is 1.94 bits per heavy atom. The van der Waals surface area contributed by atoms with E-state index < -0.39 is 6.10 Å². The van der Waals surface area contributed by atoms with Crippen LogP contribution in [0.25, 0.3) is 10.9 Å². The first-order valence-corrected chi connectivity index (χ1v) is 12.5. The van der Waals surface area contributed by atoms with Gasteiger partial charge in [-0.3, -0.25) is 14.2 Å². The molecule has 0 unspecified atom stereocenters. The number of carbonyl (C=O) groups is 1. The third kappa shape index (κ3) is 3.78. The Labute approximate surface area is 204 Å². The molecule has 2 atom stereocenters. The Morgan fingerprint density at radius 3 is 2.60 bits per heavy atom. The second-order valence-corrected chi connectivity index (χ2v) is 10.7. The highest BCUT2D eigenvalue weighted by atomic mass is 16.5. The van der Waals surface area contributed by atoms with E-state index in [0.717, 1.165) is 47.4 Å². The Bertz CT molecular complexity index is 1360. The number of amides is 1. The van der Waals surface area contributed by atoms with Crippen LogP contribution in [0.2, 0.25) is 0 Å². The van der Waals surface area contributed by atoms with Crippen molar-refractivity contribution in [3.05, 3.63) is 74.8 Å². The monoisotopic (exact) mass is 473 g/mol. The Morgan fingerprint density at radius 1 is 1.20 bits per heavy atom. The number of aliphatic hydroxyl groups is 1. The molecule has 7 nitrogen and oxygen atoms in total. The van der Waals surface area contributed by atoms with Crippen LogP contribution in [-0.4, -0.2) is 45.4 Å². The minimum Gasteiger partial charge on any atom is -0.389 e. The van der Waals surface area contributed by atoms with Gasteiger partial charge in [0.25, 0.3) is 11.5 Å². The van der Waals surface area contributed by atoms with Gasteiger partial charge in [-0.05, 0) is 92.3 Å². The molecule has 7 rings (SSSR count). The SMILES string of the molecule is Cc1c(Cc2ccc(C(=O)NC34CC(C3)C4)cc2)cc2c(=O)n([C@H]3CCOC[C@@H]3O)cnc2c1C. The summed E-state index contributed by atoms with van der Waals surface area (Å²) in [7, 11) is 0. The smallest absolute Gasteiger partial charge is 0.261 e. The van der Waals surface area contributed by atoms with Crippen molar-refractivity contribution in [3.63, 3.8) is 0 Å². The number of benzene rings is 2. The van der Waals surface area contributed by atoms with Gasteiger partial charge in [0, 0.05) is 17.7 Å². The molecule has 0 radical (unpaired) electrons. The van der Waals surface area contributed by atoms with Gasteiger partial charge in [0.2, 0.25) is 0 Å². The number of aromatic nitrogens is 2. The van der Waals surface area contributed by atoms with Crippen LogP contribution in [0, 0.1) is 19.8 Å². The van der Waals surface area contributed by atoms with Crippen molar-refractivity contribution in [1.82, 2.24) is 14.9 Å². The first-order valence-electron chi connectivity index (χ1n) is 12.5. The highest BCUT2D eigenvalue weighted by Gasteiger charge is 2.57. The fourth-order valence-electron chi connectivity index (χ4n) is 6.01. The molecular weight excluding hydrogens is 442 g/mol. The molecule has 1 amide bonds. The highest BCUT2D eigenvalue weighted by Crippen LogP contribution is 2.57. The molecule has 1 aliphatic heterocycles. The fourth-order valence-corrected chi connectivity index (χ4v) is 6.01. The molecule has 4 fully saturated rings. The summed E-state index contributed by atoms with van der Waals surface area (Å²) in [6.07, 6.45) is 5.45. The molecule has 0 spiro atoms. The summed E-state index contributed by atoms with van der Waals surface area (Å²) in [6.45, 7) is 4.80. The van der Waals surface area contributed by atoms with E-state index in [-0.39, 0.29) is 29.7 Å². The standard InChI is InChI=1S/C28H31N3O4/c1-16-17(2)25-22(27(34)31(15-29-25)23-7-8-35-14-24(23)32)10-21(16)9-18-3-5-20(6-4-18)26(33)30-28-11-19(12-28)13-28/h3-6,10,15,19,23-24,32H,7-9,11-14H2,1-2H3,(H,30,33)/t19?,23-,24-,28?/m0/s1. The van der Waals surface area contributed by atoms with Gasteiger partial charge in [0.15, 0.2) is 0 Å². The Balaban J connectivity index is 1.27. The summed E-state index contributed by atoms with van der Waals surface area (Å²) in [4.78, 5) is 30.7. The lowest BCUT2D eigenvalue weighted by Crippen LogP contribution is -2.68. The second kappa shape index (κ2) is 8.28. The molecule has 2 heterocycles. The number of aryl methyl sites for hydroxylation is 1. The maximum Gasteiger partial charge on any atom is 0.261 e. The zero-order valence-electron chi connectivity index (χ0n) is 20.2. The molecule has 2 aromatic carbocycles. The van der Waals surface area contributed by atoms with E-state index in [2.05, 4.69) is 17.2 Å². The highest BCUT2D eigenvalue weighted by molar-refractivity contribution is 5.95. The lowest BCUT2D eigenvalue weighted by molar-refractivity contribution is -0.0438. The number of hydrogen-bond donors (Lipinski definition) is 2. The van der Waals surface area contributed by atoms with E-state index in [1.165, 1.54) is 0 Å². The molecular formula is C28H31N3O4. The number of nitrogens with zero attached hydrogens (tertiary/aromatic N) is 2. The van der Waals surface area contributed by atoms with Crippen LogP contribution in [0.15, 0.2) is 41.5 Å². The molecule has 4 aliphatic rings. The van der Waals surface area contributed by atoms with Gasteiger partial charge in [0.05, 0.1) is 36.0 Å². The van der Waals surface area contributed by atoms with Crippen molar-refractivity contribution in [3.8, 4) is 0 Å². The molecule has 182 valence electrons. The summed E-state index contributed by atoms with van der Waals surface area (Å²) in [5.41, 5.74) is 5.57. The van der Waals surface area contributed by atoms with Gasteiger partial charge in [-0.1, -0.05) is 12.1 Å². The first-order chi connectivity index (χ1) is 16.8. The summed E-state index contributed by atoms with van der Waals surface area (Å²) in [5, 5.41) is 14.2. The van der Waals surface area contributed by atoms with Crippen molar-refractivity contribution in [1.29, 1.82) is 0 Å². The minimum absolute atomic E-state index is 0.00866. The zero-order chi connectivity index (χ0) is 24.3. The third-order valence-electron chi connectivity index (χ3n) is 8.42.